The summed E-state index contributed by atoms with van der Waals surface area (Å²) in [5.41, 5.74) is 0.663. The van der Waals surface area contributed by atoms with Crippen molar-refractivity contribution in [3.63, 3.8) is 0 Å². The topological polar surface area (TPSA) is 71.1 Å². The summed E-state index contributed by atoms with van der Waals surface area (Å²) in [6.07, 6.45) is 2.57. The molecule has 1 fully saturated rings. The first-order valence-corrected chi connectivity index (χ1v) is 9.54. The molecule has 1 N–H and O–H groups in total. The minimum Gasteiger partial charge on any atom is -0.484 e. The van der Waals surface area contributed by atoms with Crippen molar-refractivity contribution in [1.29, 1.82) is 0 Å². The van der Waals surface area contributed by atoms with Crippen molar-refractivity contribution < 1.29 is 19.1 Å². The van der Waals surface area contributed by atoms with Crippen molar-refractivity contribution in [2.75, 3.05) is 52.3 Å². The van der Waals surface area contributed by atoms with Gasteiger partial charge in [-0.15, -0.1) is 0 Å². The van der Waals surface area contributed by atoms with E-state index >= 15 is 0 Å². The van der Waals surface area contributed by atoms with Gasteiger partial charge in [-0.2, -0.15) is 0 Å². The molecule has 1 aliphatic heterocycles. The Morgan fingerprint density at radius 1 is 1.30 bits per heavy atom. The first-order chi connectivity index (χ1) is 13.0. The molecule has 0 unspecified atom stereocenters. The van der Waals surface area contributed by atoms with Gasteiger partial charge in [0.15, 0.2) is 6.61 Å². The number of carbonyl (C=O) groups is 2. The number of nitrogens with one attached hydrogen (secondary N) is 1. The predicted octanol–water partition coefficient (Wildman–Crippen LogP) is 1.98. The van der Waals surface area contributed by atoms with E-state index in [1.807, 2.05) is 19.0 Å². The van der Waals surface area contributed by atoms with Crippen LogP contribution in [0.15, 0.2) is 24.3 Å². The van der Waals surface area contributed by atoms with Gasteiger partial charge in [0, 0.05) is 44.4 Å². The third kappa shape index (κ3) is 7.56. The van der Waals surface area contributed by atoms with Gasteiger partial charge in [0.05, 0.1) is 6.10 Å². The Balaban J connectivity index is 1.91. The van der Waals surface area contributed by atoms with Crippen LogP contribution in [0, 0.1) is 0 Å². The number of rotatable bonds is 10. The molecule has 2 amide bonds. The lowest BCUT2D eigenvalue weighted by molar-refractivity contribution is -0.135. The number of nitrogens with zero attached hydrogens (tertiary/aromatic N) is 2. The molecule has 1 saturated heterocycles. The highest BCUT2D eigenvalue weighted by Gasteiger charge is 2.23. The van der Waals surface area contributed by atoms with E-state index in [2.05, 4.69) is 10.2 Å². The Morgan fingerprint density at radius 3 is 2.78 bits per heavy atom. The van der Waals surface area contributed by atoms with Gasteiger partial charge in [-0.05, 0) is 39.1 Å². The third-order valence-corrected chi connectivity index (χ3v) is 4.42. The second-order valence-corrected chi connectivity index (χ2v) is 7.00. The lowest BCUT2D eigenvalue weighted by atomic mass is 10.2. The summed E-state index contributed by atoms with van der Waals surface area (Å²) >= 11 is 0. The van der Waals surface area contributed by atoms with E-state index in [4.69, 9.17) is 9.47 Å². The zero-order valence-electron chi connectivity index (χ0n) is 16.6. The molecule has 27 heavy (non-hydrogen) atoms. The molecule has 2 rings (SSSR count). The van der Waals surface area contributed by atoms with E-state index in [1.54, 1.807) is 31.2 Å². The average Bonchev–Trinajstić information content (AvgIpc) is 3.16. The third-order valence-electron chi connectivity index (χ3n) is 4.42. The zero-order valence-corrected chi connectivity index (χ0v) is 16.6. The maximum absolute atomic E-state index is 12.7. The van der Waals surface area contributed by atoms with Crippen LogP contribution >= 0.6 is 0 Å². The molecule has 7 nitrogen and oxygen atoms in total. The summed E-state index contributed by atoms with van der Waals surface area (Å²) in [6, 6.07) is 7.09. The van der Waals surface area contributed by atoms with Crippen molar-refractivity contribution >= 4 is 17.5 Å². The fourth-order valence-electron chi connectivity index (χ4n) is 2.82. The van der Waals surface area contributed by atoms with Crippen LogP contribution in [0.3, 0.4) is 0 Å². The number of likely N-dealkylation sites (N-methyl/N-ethyl adjacent to an activating group) is 1. The molecule has 1 aromatic carbocycles. The second kappa shape index (κ2) is 10.9. The maximum atomic E-state index is 12.7. The van der Waals surface area contributed by atoms with E-state index in [1.165, 1.54) is 0 Å². The van der Waals surface area contributed by atoms with Gasteiger partial charge in [-0.3, -0.25) is 9.59 Å². The normalized spacial score (nSPS) is 16.4. The van der Waals surface area contributed by atoms with Crippen LogP contribution in [0.4, 0.5) is 5.69 Å². The second-order valence-electron chi connectivity index (χ2n) is 7.00. The van der Waals surface area contributed by atoms with Crippen molar-refractivity contribution in [2.24, 2.45) is 0 Å². The van der Waals surface area contributed by atoms with Crippen molar-refractivity contribution in [3.05, 3.63) is 24.3 Å². The molecule has 0 bridgehead atoms. The molecule has 1 aliphatic rings. The highest BCUT2D eigenvalue weighted by atomic mass is 16.5. The number of benzene rings is 1. The monoisotopic (exact) mass is 377 g/mol. The van der Waals surface area contributed by atoms with Crippen LogP contribution in [-0.2, 0) is 14.3 Å². The van der Waals surface area contributed by atoms with Crippen LogP contribution in [0.25, 0.3) is 0 Å². The van der Waals surface area contributed by atoms with Crippen molar-refractivity contribution in [2.45, 2.75) is 32.3 Å². The molecule has 0 saturated carbocycles. The summed E-state index contributed by atoms with van der Waals surface area (Å²) in [7, 11) is 3.97. The van der Waals surface area contributed by atoms with Crippen molar-refractivity contribution in [1.82, 2.24) is 9.80 Å². The van der Waals surface area contributed by atoms with Crippen LogP contribution in [0.5, 0.6) is 5.75 Å². The molecular weight excluding hydrogens is 346 g/mol. The molecular formula is C20H31N3O4. The largest absolute Gasteiger partial charge is 0.484 e. The minimum absolute atomic E-state index is 0.0364. The number of hydrogen-bond donors (Lipinski definition) is 1. The molecule has 0 radical (unpaired) electrons. The Morgan fingerprint density at radius 2 is 2.11 bits per heavy atom. The van der Waals surface area contributed by atoms with Gasteiger partial charge < -0.3 is 24.6 Å². The van der Waals surface area contributed by atoms with E-state index in [-0.39, 0.29) is 24.5 Å². The fraction of sp³-hybridized carbons (Fsp3) is 0.600. The van der Waals surface area contributed by atoms with Gasteiger partial charge in [0.1, 0.15) is 5.75 Å². The number of hydrogen-bond acceptors (Lipinski definition) is 5. The standard InChI is InChI=1S/C20H31N3O4/c1-4-19(24)21-16-7-5-8-17(13-16)27-15-20(25)23(11-10-22(2)3)14-18-9-6-12-26-18/h5,7-8,13,18H,4,6,9-12,14-15H2,1-3H3,(H,21,24)/t18-/m0/s1. The van der Waals surface area contributed by atoms with Crippen LogP contribution in [-0.4, -0.2) is 74.7 Å². The van der Waals surface area contributed by atoms with Gasteiger partial charge in [-0.25, -0.2) is 0 Å². The Hall–Kier alpha value is -2.12. The molecule has 150 valence electrons. The van der Waals surface area contributed by atoms with Gasteiger partial charge in [0.2, 0.25) is 5.91 Å². The minimum atomic E-state index is -0.0605. The molecule has 0 spiro atoms. The molecule has 7 heteroatoms. The SMILES string of the molecule is CCC(=O)Nc1cccc(OCC(=O)N(CCN(C)C)C[C@@H]2CCCO2)c1. The molecule has 0 aliphatic carbocycles. The predicted molar refractivity (Wildman–Crippen MR) is 105 cm³/mol. The first-order valence-electron chi connectivity index (χ1n) is 9.54. The van der Waals surface area contributed by atoms with Crippen LogP contribution < -0.4 is 10.1 Å². The lowest BCUT2D eigenvalue weighted by Crippen LogP contribution is -2.43. The van der Waals surface area contributed by atoms with Gasteiger partial charge in [0.25, 0.3) is 5.91 Å². The Bertz CT molecular complexity index is 615. The quantitative estimate of drug-likeness (QED) is 0.675. The first kappa shape index (κ1) is 21.2. The number of ether oxygens (including phenoxy) is 2. The molecule has 1 aromatic rings. The number of amides is 2. The number of anilines is 1. The van der Waals surface area contributed by atoms with E-state index in [0.29, 0.717) is 30.9 Å². The summed E-state index contributed by atoms with van der Waals surface area (Å²) in [5, 5.41) is 2.79. The summed E-state index contributed by atoms with van der Waals surface area (Å²) < 4.78 is 11.4. The Labute approximate surface area is 161 Å². The van der Waals surface area contributed by atoms with Gasteiger partial charge in [-0.1, -0.05) is 13.0 Å². The maximum Gasteiger partial charge on any atom is 0.260 e. The summed E-state index contributed by atoms with van der Waals surface area (Å²) in [6.45, 7) is 4.56. The highest BCUT2D eigenvalue weighted by Crippen LogP contribution is 2.18. The van der Waals surface area contributed by atoms with E-state index in [9.17, 15) is 9.59 Å². The summed E-state index contributed by atoms with van der Waals surface area (Å²) in [5.74, 6) is 0.437. The van der Waals surface area contributed by atoms with Gasteiger partial charge >= 0.3 is 0 Å². The molecule has 0 aromatic heterocycles. The molecule has 1 atom stereocenters. The van der Waals surface area contributed by atoms with E-state index in [0.717, 1.165) is 26.0 Å². The zero-order chi connectivity index (χ0) is 19.6. The summed E-state index contributed by atoms with van der Waals surface area (Å²) in [4.78, 5) is 28.1. The lowest BCUT2D eigenvalue weighted by Gasteiger charge is -2.27. The average molecular weight is 377 g/mol. The molecule has 1 heterocycles. The van der Waals surface area contributed by atoms with Crippen LogP contribution in [0.1, 0.15) is 26.2 Å². The highest BCUT2D eigenvalue weighted by molar-refractivity contribution is 5.90. The smallest absolute Gasteiger partial charge is 0.260 e. The van der Waals surface area contributed by atoms with Crippen molar-refractivity contribution in [3.8, 4) is 5.75 Å². The van der Waals surface area contributed by atoms with Crippen LogP contribution in [0.2, 0.25) is 0 Å². The Kier molecular flexibility index (Phi) is 8.54. The number of carbonyl (C=O) groups excluding carboxylic acids is 2. The van der Waals surface area contributed by atoms with E-state index < -0.39 is 0 Å². The fourth-order valence-corrected chi connectivity index (χ4v) is 2.82.